The maximum Gasteiger partial charge on any atom is 0.303 e. The predicted octanol–water partition coefficient (Wildman–Crippen LogP) is 4.20. The summed E-state index contributed by atoms with van der Waals surface area (Å²) in [5.41, 5.74) is 4.78. The van der Waals surface area contributed by atoms with Gasteiger partial charge in [-0.15, -0.1) is 11.3 Å². The van der Waals surface area contributed by atoms with Crippen LogP contribution in [0.25, 0.3) is 10.2 Å². The topological polar surface area (TPSA) is 136 Å². The third-order valence-electron chi connectivity index (χ3n) is 6.24. The van der Waals surface area contributed by atoms with E-state index in [-0.39, 0.29) is 24.7 Å². The Bertz CT molecular complexity index is 1410. The first-order valence-corrected chi connectivity index (χ1v) is 13.5. The number of nitrogens with one attached hydrogen (secondary N) is 2. The fourth-order valence-corrected chi connectivity index (χ4v) is 4.52. The smallest absolute Gasteiger partial charge is 0.303 e. The van der Waals surface area contributed by atoms with Crippen molar-refractivity contribution >= 4 is 57.0 Å². The first kappa shape index (κ1) is 27.7. The Morgan fingerprint density at radius 1 is 1.00 bits per heavy atom. The molecule has 2 aromatic carbocycles. The molecule has 2 heterocycles. The van der Waals surface area contributed by atoms with Crippen LogP contribution in [0.1, 0.15) is 31.2 Å². The van der Waals surface area contributed by atoms with Crippen LogP contribution in [0.2, 0.25) is 0 Å². The highest BCUT2D eigenvalue weighted by molar-refractivity contribution is 7.16. The van der Waals surface area contributed by atoms with Crippen molar-refractivity contribution in [1.29, 1.82) is 0 Å². The Balaban J connectivity index is 1.49. The molecule has 11 nitrogen and oxygen atoms in total. The summed E-state index contributed by atoms with van der Waals surface area (Å²) in [7, 11) is 3.50. The summed E-state index contributed by atoms with van der Waals surface area (Å²) < 4.78 is 1.05. The quantitative estimate of drug-likeness (QED) is 0.223. The average molecular weight is 549 g/mol. The molecule has 4 aromatic rings. The minimum atomic E-state index is -0.991. The molecule has 0 aliphatic rings. The van der Waals surface area contributed by atoms with Gasteiger partial charge in [0.1, 0.15) is 0 Å². The molecule has 1 atom stereocenters. The van der Waals surface area contributed by atoms with Gasteiger partial charge in [0, 0.05) is 45.8 Å². The number of carboxylic acids is 1. The van der Waals surface area contributed by atoms with Crippen LogP contribution < -0.4 is 15.5 Å². The normalized spacial score (nSPS) is 11.7. The number of likely N-dealkylation sites (N-methyl/N-ethyl adjacent to an activating group) is 2. The van der Waals surface area contributed by atoms with E-state index in [1.165, 1.54) is 10.5 Å². The molecule has 39 heavy (non-hydrogen) atoms. The van der Waals surface area contributed by atoms with Crippen LogP contribution in [0.5, 0.6) is 0 Å². The van der Waals surface area contributed by atoms with Crippen LogP contribution in [0.15, 0.2) is 54.0 Å². The molecule has 0 aliphatic heterocycles. The highest BCUT2D eigenvalue weighted by Gasteiger charge is 2.15. The number of carboxylic acid groups (broad SMARTS) is 1. The van der Waals surface area contributed by atoms with Gasteiger partial charge in [0.05, 0.1) is 22.1 Å². The number of hydrogen-bond donors (Lipinski definition) is 3. The van der Waals surface area contributed by atoms with Crippen molar-refractivity contribution in [3.63, 3.8) is 0 Å². The van der Waals surface area contributed by atoms with E-state index >= 15 is 0 Å². The third-order valence-corrected chi connectivity index (χ3v) is 7.03. The Morgan fingerprint density at radius 3 is 2.54 bits per heavy atom. The van der Waals surface area contributed by atoms with Gasteiger partial charge in [-0.2, -0.15) is 15.0 Å². The molecule has 2 aromatic heterocycles. The van der Waals surface area contributed by atoms with E-state index in [1.54, 1.807) is 18.4 Å². The first-order valence-electron chi connectivity index (χ1n) is 12.6. The van der Waals surface area contributed by atoms with Crippen LogP contribution in [0.4, 0.5) is 23.5 Å². The predicted molar refractivity (Wildman–Crippen MR) is 154 cm³/mol. The maximum atomic E-state index is 12.2. The van der Waals surface area contributed by atoms with Gasteiger partial charge in [0.15, 0.2) is 0 Å². The zero-order chi connectivity index (χ0) is 27.8. The first-order chi connectivity index (χ1) is 18.8. The Hall–Kier alpha value is -4.32. The van der Waals surface area contributed by atoms with E-state index in [1.807, 2.05) is 53.9 Å². The highest BCUT2D eigenvalue weighted by atomic mass is 32.1. The molecule has 0 radical (unpaired) electrons. The third kappa shape index (κ3) is 7.84. The van der Waals surface area contributed by atoms with Crippen LogP contribution in [0.3, 0.4) is 0 Å². The van der Waals surface area contributed by atoms with Crippen molar-refractivity contribution in [1.82, 2.24) is 24.8 Å². The molecule has 0 unspecified atom stereocenters. The number of amides is 1. The molecule has 0 saturated heterocycles. The number of aromatic nitrogens is 4. The minimum Gasteiger partial charge on any atom is -0.481 e. The lowest BCUT2D eigenvalue weighted by Gasteiger charge is -2.23. The zero-order valence-electron chi connectivity index (χ0n) is 22.2. The summed E-state index contributed by atoms with van der Waals surface area (Å²) in [5.74, 6) is 0.278. The van der Waals surface area contributed by atoms with Crippen molar-refractivity contribution in [3.8, 4) is 0 Å². The lowest BCUT2D eigenvalue weighted by Crippen LogP contribution is -2.35. The van der Waals surface area contributed by atoms with Crippen molar-refractivity contribution in [2.24, 2.45) is 0 Å². The SMILES string of the molecule is C[C@@H](CNc1nc(Nc2ccc3ncsc3c2)nc(N(C)CCN(C)C(=O)CCC(=O)O)n1)c1ccccc1. The molecule has 4 rings (SSSR count). The summed E-state index contributed by atoms with van der Waals surface area (Å²) >= 11 is 1.56. The second kappa shape index (κ2) is 13.0. The molecular weight excluding hydrogens is 516 g/mol. The van der Waals surface area contributed by atoms with E-state index < -0.39 is 5.97 Å². The number of fused-ring (bicyclic) bond motifs is 1. The molecular formula is C27H32N8O3S. The van der Waals surface area contributed by atoms with Crippen molar-refractivity contribution in [2.45, 2.75) is 25.7 Å². The van der Waals surface area contributed by atoms with E-state index in [9.17, 15) is 9.59 Å². The van der Waals surface area contributed by atoms with E-state index in [4.69, 9.17) is 5.11 Å². The van der Waals surface area contributed by atoms with Crippen LogP contribution in [-0.4, -0.2) is 75.5 Å². The standard InChI is InChI=1S/C27H32N8O3S/c1-18(19-7-5-4-6-8-19)16-28-25-31-26(30-20-9-10-21-22(15-20)39-17-29-21)33-27(32-25)35(3)14-13-34(2)23(36)11-12-24(37)38/h4-10,15,17-18H,11-14,16H2,1-3H3,(H,37,38)(H2,28,30,31,32,33)/t18-/m0/s1. The van der Waals surface area contributed by atoms with Gasteiger partial charge >= 0.3 is 5.97 Å². The lowest BCUT2D eigenvalue weighted by molar-refractivity contribution is -0.140. The van der Waals surface area contributed by atoms with Gasteiger partial charge < -0.3 is 25.5 Å². The minimum absolute atomic E-state index is 0.0346. The van der Waals surface area contributed by atoms with Crippen LogP contribution >= 0.6 is 11.3 Å². The highest BCUT2D eigenvalue weighted by Crippen LogP contribution is 2.24. The van der Waals surface area contributed by atoms with Gasteiger partial charge in [-0.25, -0.2) is 4.98 Å². The summed E-state index contributed by atoms with van der Waals surface area (Å²) in [5, 5.41) is 15.5. The number of hydrogen-bond acceptors (Lipinski definition) is 10. The van der Waals surface area contributed by atoms with Gasteiger partial charge in [-0.05, 0) is 29.7 Å². The summed E-state index contributed by atoms with van der Waals surface area (Å²) in [6, 6.07) is 16.1. The Kier molecular flexibility index (Phi) is 9.21. The Labute approximate surface area is 230 Å². The molecule has 3 N–H and O–H groups in total. The summed E-state index contributed by atoms with van der Waals surface area (Å²) in [4.78, 5) is 44.6. The van der Waals surface area contributed by atoms with Crippen molar-refractivity contribution in [2.75, 3.05) is 49.3 Å². The van der Waals surface area contributed by atoms with Crippen molar-refractivity contribution in [3.05, 3.63) is 59.6 Å². The van der Waals surface area contributed by atoms with Crippen LogP contribution in [-0.2, 0) is 9.59 Å². The molecule has 0 aliphatic carbocycles. The number of aliphatic carboxylic acids is 1. The monoisotopic (exact) mass is 548 g/mol. The average Bonchev–Trinajstić information content (AvgIpc) is 3.41. The van der Waals surface area contributed by atoms with Gasteiger partial charge in [-0.1, -0.05) is 37.3 Å². The molecule has 12 heteroatoms. The maximum absolute atomic E-state index is 12.2. The lowest BCUT2D eigenvalue weighted by atomic mass is 10.0. The number of nitrogens with zero attached hydrogens (tertiary/aromatic N) is 6. The molecule has 0 fully saturated rings. The molecule has 204 valence electrons. The molecule has 1 amide bonds. The summed E-state index contributed by atoms with van der Waals surface area (Å²) in [6.07, 6.45) is -0.224. The van der Waals surface area contributed by atoms with Gasteiger partial charge in [0.2, 0.25) is 23.8 Å². The van der Waals surface area contributed by atoms with E-state index in [0.717, 1.165) is 15.9 Å². The zero-order valence-corrected chi connectivity index (χ0v) is 23.0. The van der Waals surface area contributed by atoms with Gasteiger partial charge in [0.25, 0.3) is 0 Å². The molecule has 0 spiro atoms. The number of rotatable bonds is 13. The number of carbonyl (C=O) groups is 2. The largest absolute Gasteiger partial charge is 0.481 e. The fourth-order valence-electron chi connectivity index (χ4n) is 3.81. The molecule has 0 bridgehead atoms. The fraction of sp³-hybridized carbons (Fsp3) is 0.333. The van der Waals surface area contributed by atoms with Gasteiger partial charge in [-0.3, -0.25) is 9.59 Å². The number of thiazole rings is 1. The number of carbonyl (C=O) groups excluding carboxylic acids is 1. The molecule has 0 saturated carbocycles. The van der Waals surface area contributed by atoms with Crippen LogP contribution in [0, 0.1) is 0 Å². The Morgan fingerprint density at radius 2 is 1.77 bits per heavy atom. The summed E-state index contributed by atoms with van der Waals surface area (Å²) in [6.45, 7) is 3.60. The number of benzene rings is 2. The second-order valence-corrected chi connectivity index (χ2v) is 10.2. The number of anilines is 4. The van der Waals surface area contributed by atoms with E-state index in [0.29, 0.717) is 37.5 Å². The van der Waals surface area contributed by atoms with Crippen molar-refractivity contribution < 1.29 is 14.7 Å². The van der Waals surface area contributed by atoms with E-state index in [2.05, 4.69) is 49.6 Å². The second-order valence-electron chi connectivity index (χ2n) is 9.27.